The van der Waals surface area contributed by atoms with Gasteiger partial charge in [0.25, 0.3) is 5.69 Å². The van der Waals surface area contributed by atoms with Crippen molar-refractivity contribution in [2.45, 2.75) is 37.3 Å². The molecule has 0 amide bonds. The number of anilines is 2. The lowest BCUT2D eigenvalue weighted by Gasteiger charge is -2.42. The monoisotopic (exact) mass is 405 g/mol. The highest BCUT2D eigenvalue weighted by molar-refractivity contribution is 5.74. The van der Waals surface area contributed by atoms with Crippen LogP contribution in [0.2, 0.25) is 0 Å². The van der Waals surface area contributed by atoms with Gasteiger partial charge in [-0.15, -0.1) is 0 Å². The van der Waals surface area contributed by atoms with Gasteiger partial charge in [0, 0.05) is 64.0 Å². The summed E-state index contributed by atoms with van der Waals surface area (Å²) in [7, 11) is 0. The molecular weight excluding hydrogens is 378 g/mol. The Balaban J connectivity index is 1.37. The fraction of sp³-hybridized carbons (Fsp3) is 0.700. The molecule has 0 unspecified atom stereocenters. The first kappa shape index (κ1) is 19.0. The summed E-state index contributed by atoms with van der Waals surface area (Å²) in [6, 6.07) is 5.19. The van der Waals surface area contributed by atoms with E-state index < -0.39 is 11.6 Å². The fourth-order valence-electron chi connectivity index (χ4n) is 4.89. The molecule has 5 rings (SSSR count). The molecule has 9 heteroatoms. The second kappa shape index (κ2) is 7.39. The van der Waals surface area contributed by atoms with Crippen LogP contribution in [-0.2, 0) is 18.9 Å². The number of hydrogen-bond acceptors (Lipinski definition) is 8. The Kier molecular flexibility index (Phi) is 4.85. The number of non-ortho nitro benzene ring substituents is 1. The third kappa shape index (κ3) is 3.56. The number of ether oxygens (including phenoxy) is 4. The Bertz CT molecular complexity index is 755. The Morgan fingerprint density at radius 3 is 1.66 bits per heavy atom. The molecule has 4 heterocycles. The quantitative estimate of drug-likeness (QED) is 0.559. The number of piperidine rings is 2. The van der Waals surface area contributed by atoms with E-state index in [-0.39, 0.29) is 10.6 Å². The van der Waals surface area contributed by atoms with Gasteiger partial charge in [-0.05, 0) is 6.07 Å². The molecule has 0 atom stereocenters. The number of hydrogen-bond donors (Lipinski definition) is 0. The molecule has 2 spiro atoms. The highest BCUT2D eigenvalue weighted by Gasteiger charge is 2.42. The molecule has 4 saturated heterocycles. The highest BCUT2D eigenvalue weighted by Crippen LogP contribution is 2.41. The van der Waals surface area contributed by atoms with E-state index in [9.17, 15) is 10.1 Å². The lowest BCUT2D eigenvalue weighted by atomic mass is 10.0. The van der Waals surface area contributed by atoms with Gasteiger partial charge in [-0.3, -0.25) is 10.1 Å². The van der Waals surface area contributed by atoms with E-state index in [0.717, 1.165) is 63.2 Å². The summed E-state index contributed by atoms with van der Waals surface area (Å²) >= 11 is 0. The van der Waals surface area contributed by atoms with Gasteiger partial charge in [-0.25, -0.2) is 0 Å². The van der Waals surface area contributed by atoms with Crippen molar-refractivity contribution in [3.8, 4) is 0 Å². The molecule has 9 nitrogen and oxygen atoms in total. The van der Waals surface area contributed by atoms with Crippen molar-refractivity contribution in [2.24, 2.45) is 0 Å². The number of nitrogens with zero attached hydrogens (tertiary/aromatic N) is 3. The summed E-state index contributed by atoms with van der Waals surface area (Å²) < 4.78 is 23.3. The smallest absolute Gasteiger partial charge is 0.271 e. The van der Waals surface area contributed by atoms with E-state index in [1.807, 2.05) is 6.07 Å². The van der Waals surface area contributed by atoms with E-state index in [2.05, 4.69) is 9.80 Å². The zero-order chi connectivity index (χ0) is 19.9. The van der Waals surface area contributed by atoms with Crippen LogP contribution in [0.15, 0.2) is 18.2 Å². The minimum atomic E-state index is -0.466. The largest absolute Gasteiger partial charge is 0.369 e. The maximum Gasteiger partial charge on any atom is 0.271 e. The molecule has 0 N–H and O–H groups in total. The van der Waals surface area contributed by atoms with Crippen LogP contribution in [0.25, 0.3) is 0 Å². The van der Waals surface area contributed by atoms with E-state index in [0.29, 0.717) is 26.4 Å². The molecule has 1 aromatic rings. The Morgan fingerprint density at radius 1 is 0.759 bits per heavy atom. The van der Waals surface area contributed by atoms with E-state index in [1.54, 1.807) is 12.1 Å². The minimum Gasteiger partial charge on any atom is -0.369 e. The normalized spacial score (nSPS) is 25.8. The van der Waals surface area contributed by atoms with Crippen LogP contribution in [0.4, 0.5) is 17.1 Å². The molecule has 4 aliphatic rings. The lowest BCUT2D eigenvalue weighted by molar-refractivity contribution is -0.384. The number of rotatable bonds is 3. The Morgan fingerprint density at radius 2 is 1.21 bits per heavy atom. The van der Waals surface area contributed by atoms with E-state index in [1.165, 1.54) is 0 Å². The predicted molar refractivity (Wildman–Crippen MR) is 105 cm³/mol. The van der Waals surface area contributed by atoms with Gasteiger partial charge in [-0.2, -0.15) is 0 Å². The number of nitro benzene ring substituents is 1. The molecule has 1 aromatic carbocycles. The van der Waals surface area contributed by atoms with Crippen molar-refractivity contribution in [1.82, 2.24) is 0 Å². The van der Waals surface area contributed by atoms with Crippen molar-refractivity contribution >= 4 is 17.1 Å². The van der Waals surface area contributed by atoms with E-state index in [4.69, 9.17) is 18.9 Å². The predicted octanol–water partition coefficient (Wildman–Crippen LogP) is 2.28. The van der Waals surface area contributed by atoms with Gasteiger partial charge in [-0.1, -0.05) is 0 Å². The SMILES string of the molecule is O=[N+]([O-])c1ccc(N2CCC3(CC2)OCCO3)c(N2CCC3(CC2)OCCO3)c1. The molecule has 0 aliphatic carbocycles. The van der Waals surface area contributed by atoms with Crippen molar-refractivity contribution < 1.29 is 23.9 Å². The summed E-state index contributed by atoms with van der Waals surface area (Å²) in [5, 5.41) is 11.4. The number of benzene rings is 1. The summed E-state index contributed by atoms with van der Waals surface area (Å²) in [5.74, 6) is -0.905. The second-order valence-corrected chi connectivity index (χ2v) is 8.12. The summed E-state index contributed by atoms with van der Waals surface area (Å²) in [6.07, 6.45) is 3.13. The maximum absolute atomic E-state index is 11.4. The van der Waals surface area contributed by atoms with Crippen molar-refractivity contribution in [2.75, 3.05) is 62.4 Å². The van der Waals surface area contributed by atoms with Crippen LogP contribution < -0.4 is 9.80 Å². The molecule has 4 fully saturated rings. The molecule has 4 aliphatic heterocycles. The molecule has 158 valence electrons. The van der Waals surface area contributed by atoms with Gasteiger partial charge in [0.2, 0.25) is 0 Å². The Hall–Kier alpha value is -1.94. The first-order valence-electron chi connectivity index (χ1n) is 10.4. The van der Waals surface area contributed by atoms with Gasteiger partial charge in [0.15, 0.2) is 11.6 Å². The third-order valence-corrected chi connectivity index (χ3v) is 6.53. The Labute approximate surface area is 169 Å². The molecule has 0 aromatic heterocycles. The average molecular weight is 405 g/mol. The minimum absolute atomic E-state index is 0.119. The molecular formula is C20H27N3O6. The van der Waals surface area contributed by atoms with E-state index >= 15 is 0 Å². The lowest BCUT2D eigenvalue weighted by Crippen LogP contribution is -2.47. The van der Waals surface area contributed by atoms with Crippen molar-refractivity contribution in [3.05, 3.63) is 28.3 Å². The topological polar surface area (TPSA) is 86.5 Å². The first-order chi connectivity index (χ1) is 14.1. The molecule has 0 bridgehead atoms. The van der Waals surface area contributed by atoms with Gasteiger partial charge < -0.3 is 28.7 Å². The summed E-state index contributed by atoms with van der Waals surface area (Å²) in [5.41, 5.74) is 2.07. The van der Waals surface area contributed by atoms with Crippen LogP contribution in [0.1, 0.15) is 25.7 Å². The van der Waals surface area contributed by atoms with Crippen LogP contribution in [0.5, 0.6) is 0 Å². The molecule has 0 radical (unpaired) electrons. The zero-order valence-electron chi connectivity index (χ0n) is 16.5. The van der Waals surface area contributed by atoms with Gasteiger partial charge >= 0.3 is 0 Å². The van der Waals surface area contributed by atoms with Crippen LogP contribution >= 0.6 is 0 Å². The van der Waals surface area contributed by atoms with Crippen molar-refractivity contribution in [1.29, 1.82) is 0 Å². The summed E-state index contributed by atoms with van der Waals surface area (Å²) in [6.45, 7) is 5.69. The maximum atomic E-state index is 11.4. The second-order valence-electron chi connectivity index (χ2n) is 8.12. The zero-order valence-corrected chi connectivity index (χ0v) is 16.5. The van der Waals surface area contributed by atoms with Gasteiger partial charge in [0.1, 0.15) is 0 Å². The fourth-order valence-corrected chi connectivity index (χ4v) is 4.89. The highest BCUT2D eigenvalue weighted by atomic mass is 16.7. The number of nitro groups is 1. The van der Waals surface area contributed by atoms with Crippen molar-refractivity contribution in [3.63, 3.8) is 0 Å². The van der Waals surface area contributed by atoms with Crippen LogP contribution in [0, 0.1) is 10.1 Å². The van der Waals surface area contributed by atoms with Crippen LogP contribution in [-0.4, -0.2) is 69.1 Å². The average Bonchev–Trinajstić information content (AvgIpc) is 3.39. The first-order valence-corrected chi connectivity index (χ1v) is 10.4. The third-order valence-electron chi connectivity index (χ3n) is 6.53. The molecule has 29 heavy (non-hydrogen) atoms. The van der Waals surface area contributed by atoms with Gasteiger partial charge in [0.05, 0.1) is 42.7 Å². The van der Waals surface area contributed by atoms with Crippen LogP contribution in [0.3, 0.4) is 0 Å². The summed E-state index contributed by atoms with van der Waals surface area (Å²) in [4.78, 5) is 15.6. The standard InChI is InChI=1S/C20H27N3O6/c24-23(25)16-1-2-17(21-7-3-19(4-8-21)26-11-12-27-19)18(15-16)22-9-5-20(6-10-22)28-13-14-29-20/h1-2,15H,3-14H2. The molecule has 0 saturated carbocycles.